The number of halogens is 1. The molecule has 2 heterocycles. The molecule has 0 saturated carbocycles. The third-order valence-corrected chi connectivity index (χ3v) is 3.61. The second-order valence-electron chi connectivity index (χ2n) is 4.83. The molecule has 2 rings (SSSR count). The highest BCUT2D eigenvalue weighted by Crippen LogP contribution is 2.29. The molecule has 96 valence electrons. The molecular formula is C13H18BFN2O. The maximum Gasteiger partial charge on any atom is 0.376 e. The number of allylic oxidation sites excluding steroid dienone is 1. The summed E-state index contributed by atoms with van der Waals surface area (Å²) in [6, 6.07) is 3.09. The van der Waals surface area contributed by atoms with Gasteiger partial charge in [0, 0.05) is 0 Å². The Balaban J connectivity index is 1.97. The molecule has 1 saturated heterocycles. The number of pyridine rings is 1. The van der Waals surface area contributed by atoms with E-state index in [1.54, 1.807) is 12.9 Å². The molecule has 18 heavy (non-hydrogen) atoms. The highest BCUT2D eigenvalue weighted by molar-refractivity contribution is 6.45. The molecule has 0 unspecified atom stereocenters. The number of rotatable bonds is 3. The first-order valence-corrected chi connectivity index (χ1v) is 6.31. The Hall–Kier alpha value is -1.20. The molecule has 0 spiro atoms. The Morgan fingerprint density at radius 3 is 2.67 bits per heavy atom. The predicted octanol–water partition coefficient (Wildman–Crippen LogP) is 2.06. The zero-order valence-corrected chi connectivity index (χ0v) is 10.6. The summed E-state index contributed by atoms with van der Waals surface area (Å²) in [5, 5.41) is 9.50. The molecule has 0 aliphatic carbocycles. The van der Waals surface area contributed by atoms with Crippen LogP contribution in [0.15, 0.2) is 24.9 Å². The van der Waals surface area contributed by atoms with E-state index in [0.29, 0.717) is 5.92 Å². The fourth-order valence-electron chi connectivity index (χ4n) is 2.40. The standard InChI is InChI=1S/C13H18BFN2O/c1-10(13-4-3-12(15)9-16-13)11-5-7-17(8-6-11)14(2)18/h3-4,9,11,18H,1,5-8H2,2H3. The number of nitrogens with zero attached hydrogens (tertiary/aromatic N) is 2. The second-order valence-corrected chi connectivity index (χ2v) is 4.83. The number of aromatic nitrogens is 1. The van der Waals surface area contributed by atoms with Crippen LogP contribution in [0.25, 0.3) is 5.57 Å². The van der Waals surface area contributed by atoms with Crippen molar-refractivity contribution in [3.05, 3.63) is 36.4 Å². The van der Waals surface area contributed by atoms with Crippen LogP contribution in [0, 0.1) is 11.7 Å². The van der Waals surface area contributed by atoms with Gasteiger partial charge < -0.3 is 9.83 Å². The van der Waals surface area contributed by atoms with E-state index >= 15 is 0 Å². The molecule has 1 aromatic rings. The maximum absolute atomic E-state index is 12.8. The van der Waals surface area contributed by atoms with Crippen LogP contribution >= 0.6 is 0 Å². The van der Waals surface area contributed by atoms with Gasteiger partial charge in [-0.2, -0.15) is 0 Å². The third kappa shape index (κ3) is 2.97. The van der Waals surface area contributed by atoms with Crippen molar-refractivity contribution in [1.29, 1.82) is 0 Å². The minimum absolute atomic E-state index is 0.324. The quantitative estimate of drug-likeness (QED) is 0.832. The number of piperidine rings is 1. The SMILES string of the molecule is C=C(c1ccc(F)cn1)C1CCN(B(C)O)CC1. The van der Waals surface area contributed by atoms with Crippen molar-refractivity contribution in [3.8, 4) is 0 Å². The van der Waals surface area contributed by atoms with E-state index in [9.17, 15) is 9.41 Å². The number of hydrogen-bond donors (Lipinski definition) is 1. The van der Waals surface area contributed by atoms with Crippen molar-refractivity contribution >= 4 is 12.6 Å². The van der Waals surface area contributed by atoms with Crippen LogP contribution in [-0.2, 0) is 0 Å². The van der Waals surface area contributed by atoms with Crippen LogP contribution in [-0.4, -0.2) is 35.0 Å². The molecule has 0 aromatic carbocycles. The minimum Gasteiger partial charge on any atom is -0.437 e. The lowest BCUT2D eigenvalue weighted by molar-refractivity contribution is 0.282. The summed E-state index contributed by atoms with van der Waals surface area (Å²) in [5.41, 5.74) is 1.74. The fourth-order valence-corrected chi connectivity index (χ4v) is 2.40. The normalized spacial score (nSPS) is 17.7. The van der Waals surface area contributed by atoms with Gasteiger partial charge in [0.25, 0.3) is 0 Å². The first-order valence-electron chi connectivity index (χ1n) is 6.31. The largest absolute Gasteiger partial charge is 0.437 e. The molecule has 1 fully saturated rings. The summed E-state index contributed by atoms with van der Waals surface area (Å²) in [6.45, 7) is 7.60. The van der Waals surface area contributed by atoms with Crippen molar-refractivity contribution in [2.45, 2.75) is 19.7 Å². The Bertz CT molecular complexity index is 414. The van der Waals surface area contributed by atoms with Gasteiger partial charge in [-0.1, -0.05) is 6.58 Å². The van der Waals surface area contributed by atoms with Crippen LogP contribution in [0.5, 0.6) is 0 Å². The van der Waals surface area contributed by atoms with Gasteiger partial charge in [-0.25, -0.2) is 4.39 Å². The Labute approximate surface area is 107 Å². The van der Waals surface area contributed by atoms with Gasteiger partial charge in [0.2, 0.25) is 0 Å². The van der Waals surface area contributed by atoms with Crippen LogP contribution in [0.2, 0.25) is 6.82 Å². The lowest BCUT2D eigenvalue weighted by Crippen LogP contribution is -2.43. The molecule has 1 N–H and O–H groups in total. The molecule has 0 radical (unpaired) electrons. The summed E-state index contributed by atoms with van der Waals surface area (Å²) in [6.07, 6.45) is 3.15. The van der Waals surface area contributed by atoms with Gasteiger partial charge in [-0.3, -0.25) is 4.98 Å². The van der Waals surface area contributed by atoms with Gasteiger partial charge in [-0.15, -0.1) is 0 Å². The van der Waals surface area contributed by atoms with Crippen molar-refractivity contribution < 1.29 is 9.41 Å². The summed E-state index contributed by atoms with van der Waals surface area (Å²) in [7, 11) is -0.386. The fraction of sp³-hybridized carbons (Fsp3) is 0.462. The molecule has 1 aromatic heterocycles. The predicted molar refractivity (Wildman–Crippen MR) is 71.4 cm³/mol. The van der Waals surface area contributed by atoms with Crippen molar-refractivity contribution in [3.63, 3.8) is 0 Å². The number of hydrogen-bond acceptors (Lipinski definition) is 3. The molecule has 0 atom stereocenters. The van der Waals surface area contributed by atoms with E-state index in [0.717, 1.165) is 37.2 Å². The highest BCUT2D eigenvalue weighted by atomic mass is 19.1. The maximum atomic E-state index is 12.8. The van der Waals surface area contributed by atoms with Crippen LogP contribution in [0.3, 0.4) is 0 Å². The summed E-state index contributed by atoms with van der Waals surface area (Å²) >= 11 is 0. The van der Waals surface area contributed by atoms with Gasteiger partial charge >= 0.3 is 7.05 Å². The molecular weight excluding hydrogens is 230 g/mol. The first kappa shape index (κ1) is 13.2. The molecule has 1 aliphatic heterocycles. The van der Waals surface area contributed by atoms with Gasteiger partial charge in [0.05, 0.1) is 11.9 Å². The lowest BCUT2D eigenvalue weighted by Gasteiger charge is -2.33. The summed E-state index contributed by atoms with van der Waals surface area (Å²) in [5.74, 6) is 0.0495. The average molecular weight is 248 g/mol. The third-order valence-electron chi connectivity index (χ3n) is 3.61. The van der Waals surface area contributed by atoms with E-state index in [1.807, 2.05) is 4.81 Å². The van der Waals surface area contributed by atoms with E-state index < -0.39 is 0 Å². The summed E-state index contributed by atoms with van der Waals surface area (Å²) < 4.78 is 12.8. The molecule has 1 aliphatic rings. The van der Waals surface area contributed by atoms with E-state index in [1.165, 1.54) is 12.3 Å². The van der Waals surface area contributed by atoms with Crippen LogP contribution in [0.1, 0.15) is 18.5 Å². The monoisotopic (exact) mass is 248 g/mol. The van der Waals surface area contributed by atoms with E-state index in [4.69, 9.17) is 0 Å². The Kier molecular flexibility index (Phi) is 4.14. The van der Waals surface area contributed by atoms with Crippen LogP contribution in [0.4, 0.5) is 4.39 Å². The van der Waals surface area contributed by atoms with E-state index in [-0.39, 0.29) is 12.9 Å². The minimum atomic E-state index is -0.386. The Morgan fingerprint density at radius 2 is 2.17 bits per heavy atom. The Morgan fingerprint density at radius 1 is 1.50 bits per heavy atom. The van der Waals surface area contributed by atoms with Gasteiger partial charge in [0.1, 0.15) is 5.82 Å². The molecule has 3 nitrogen and oxygen atoms in total. The zero-order chi connectivity index (χ0) is 13.1. The molecule has 5 heteroatoms. The van der Waals surface area contributed by atoms with Crippen LogP contribution < -0.4 is 0 Å². The smallest absolute Gasteiger partial charge is 0.376 e. The van der Waals surface area contributed by atoms with Crippen molar-refractivity contribution in [2.75, 3.05) is 13.1 Å². The first-order chi connectivity index (χ1) is 8.58. The molecule has 0 amide bonds. The van der Waals surface area contributed by atoms with Gasteiger partial charge in [0.15, 0.2) is 0 Å². The van der Waals surface area contributed by atoms with Crippen molar-refractivity contribution in [1.82, 2.24) is 9.79 Å². The van der Waals surface area contributed by atoms with Crippen molar-refractivity contribution in [2.24, 2.45) is 5.92 Å². The average Bonchev–Trinajstić information content (AvgIpc) is 2.39. The zero-order valence-electron chi connectivity index (χ0n) is 10.6. The molecule has 0 bridgehead atoms. The van der Waals surface area contributed by atoms with Gasteiger partial charge in [-0.05, 0) is 56.4 Å². The topological polar surface area (TPSA) is 36.4 Å². The lowest BCUT2D eigenvalue weighted by atomic mass is 9.79. The summed E-state index contributed by atoms with van der Waals surface area (Å²) in [4.78, 5) is 6.11. The second kappa shape index (κ2) is 5.63. The highest BCUT2D eigenvalue weighted by Gasteiger charge is 2.26. The van der Waals surface area contributed by atoms with E-state index in [2.05, 4.69) is 11.6 Å².